The number of aliphatic imine (C=N–C) groups is 1. The van der Waals surface area contributed by atoms with Crippen LogP contribution in [-0.2, 0) is 14.6 Å². The van der Waals surface area contributed by atoms with Crippen LogP contribution in [0.25, 0.3) is 0 Å². The molecule has 0 spiro atoms. The van der Waals surface area contributed by atoms with Gasteiger partial charge in [0, 0.05) is 30.8 Å². The number of carbonyl (C=O) groups is 1. The van der Waals surface area contributed by atoms with Crippen LogP contribution in [0, 0.1) is 5.41 Å². The molecule has 0 aliphatic heterocycles. The number of rotatable bonds is 8. The minimum Gasteiger partial charge on any atom is -0.357 e. The second-order valence-corrected chi connectivity index (χ2v) is 8.99. The molecule has 0 fully saturated rings. The van der Waals surface area contributed by atoms with E-state index in [0.717, 1.165) is 0 Å². The molecule has 0 heterocycles. The number of hydrogen-bond donors (Lipinski definition) is 3. The van der Waals surface area contributed by atoms with E-state index >= 15 is 0 Å². The van der Waals surface area contributed by atoms with Gasteiger partial charge >= 0.3 is 0 Å². The third-order valence-electron chi connectivity index (χ3n) is 3.00. The molecule has 1 amide bonds. The fraction of sp³-hybridized carbons (Fsp3) is 0.867. The lowest BCUT2D eigenvalue weighted by Crippen LogP contribution is -2.43. The number of carbonyl (C=O) groups excluding carboxylic acids is 1. The summed E-state index contributed by atoms with van der Waals surface area (Å²) in [5.41, 5.74) is -0.410. The van der Waals surface area contributed by atoms with Crippen LogP contribution < -0.4 is 16.0 Å². The number of guanidine groups is 1. The molecule has 0 radical (unpaired) electrons. The molecule has 0 bridgehead atoms. The van der Waals surface area contributed by atoms with E-state index in [-0.39, 0.29) is 17.7 Å². The molecular formula is C15H32N4O3S. The maximum absolute atomic E-state index is 11.7. The first-order valence-electron chi connectivity index (χ1n) is 7.96. The van der Waals surface area contributed by atoms with Gasteiger partial charge in [-0.3, -0.25) is 9.79 Å². The Balaban J connectivity index is 4.35. The molecule has 0 aliphatic rings. The first kappa shape index (κ1) is 21.7. The molecule has 8 heteroatoms. The maximum Gasteiger partial charge on any atom is 0.225 e. The summed E-state index contributed by atoms with van der Waals surface area (Å²) in [6, 6.07) is -0.00769. The lowest BCUT2D eigenvalue weighted by Gasteiger charge is -2.18. The van der Waals surface area contributed by atoms with Crippen molar-refractivity contribution < 1.29 is 13.2 Å². The summed E-state index contributed by atoms with van der Waals surface area (Å²) in [4.78, 5) is 16.1. The van der Waals surface area contributed by atoms with Gasteiger partial charge in [0.25, 0.3) is 0 Å². The summed E-state index contributed by atoms with van der Waals surface area (Å²) < 4.78 is 22.4. The highest BCUT2D eigenvalue weighted by atomic mass is 32.2. The highest BCUT2D eigenvalue weighted by Gasteiger charge is 2.20. The Morgan fingerprint density at radius 1 is 1.22 bits per heavy atom. The molecule has 0 aromatic heterocycles. The summed E-state index contributed by atoms with van der Waals surface area (Å²) in [7, 11) is -2.96. The Kier molecular flexibility index (Phi) is 9.19. The lowest BCUT2D eigenvalue weighted by molar-refractivity contribution is -0.128. The van der Waals surface area contributed by atoms with Crippen molar-refractivity contribution in [2.45, 2.75) is 47.1 Å². The van der Waals surface area contributed by atoms with Gasteiger partial charge in [0.15, 0.2) is 5.96 Å². The van der Waals surface area contributed by atoms with Crippen LogP contribution in [-0.4, -0.2) is 58.0 Å². The molecule has 1 atom stereocenters. The molecule has 3 N–H and O–H groups in total. The van der Waals surface area contributed by atoms with E-state index in [1.807, 2.05) is 34.6 Å². The number of nitrogens with zero attached hydrogens (tertiary/aromatic N) is 1. The number of amides is 1. The van der Waals surface area contributed by atoms with Gasteiger partial charge in [-0.2, -0.15) is 0 Å². The molecule has 7 nitrogen and oxygen atoms in total. The number of hydrogen-bond acceptors (Lipinski definition) is 4. The molecule has 0 aromatic rings. The maximum atomic E-state index is 11.7. The van der Waals surface area contributed by atoms with Gasteiger partial charge in [0.1, 0.15) is 9.84 Å². The monoisotopic (exact) mass is 348 g/mol. The van der Waals surface area contributed by atoms with Gasteiger partial charge in [-0.15, -0.1) is 0 Å². The average molecular weight is 349 g/mol. The second kappa shape index (κ2) is 9.75. The van der Waals surface area contributed by atoms with Crippen LogP contribution in [0.15, 0.2) is 4.99 Å². The summed E-state index contributed by atoms with van der Waals surface area (Å²) >= 11 is 0. The number of nitrogens with one attached hydrogen (secondary N) is 3. The Labute approximate surface area is 140 Å². The number of sulfone groups is 1. The third kappa shape index (κ3) is 11.9. The van der Waals surface area contributed by atoms with Crippen LogP contribution in [0.1, 0.15) is 41.0 Å². The van der Waals surface area contributed by atoms with Gasteiger partial charge < -0.3 is 16.0 Å². The predicted octanol–water partition coefficient (Wildman–Crippen LogP) is 0.527. The van der Waals surface area contributed by atoms with Crippen LogP contribution in [0.3, 0.4) is 0 Å². The molecule has 23 heavy (non-hydrogen) atoms. The second-order valence-electron chi connectivity index (χ2n) is 6.73. The molecule has 0 saturated carbocycles. The molecule has 0 rings (SSSR count). The van der Waals surface area contributed by atoms with Crippen molar-refractivity contribution in [2.75, 3.05) is 31.6 Å². The van der Waals surface area contributed by atoms with Crippen LogP contribution in [0.4, 0.5) is 0 Å². The van der Waals surface area contributed by atoms with Gasteiger partial charge in [-0.25, -0.2) is 8.42 Å². The zero-order valence-corrected chi connectivity index (χ0v) is 16.0. The highest BCUT2D eigenvalue weighted by Crippen LogP contribution is 2.11. The SMILES string of the molecule is CCNC(=NCCNC(=O)C(C)(C)C)NC(C)CCS(C)(=O)=O. The quantitative estimate of drug-likeness (QED) is 0.337. The smallest absolute Gasteiger partial charge is 0.225 e. The van der Waals surface area contributed by atoms with Crippen molar-refractivity contribution in [2.24, 2.45) is 10.4 Å². The van der Waals surface area contributed by atoms with E-state index in [2.05, 4.69) is 20.9 Å². The zero-order valence-electron chi connectivity index (χ0n) is 15.2. The van der Waals surface area contributed by atoms with E-state index in [4.69, 9.17) is 0 Å². The van der Waals surface area contributed by atoms with E-state index in [1.54, 1.807) is 0 Å². The third-order valence-corrected chi connectivity index (χ3v) is 3.97. The Morgan fingerprint density at radius 2 is 1.83 bits per heavy atom. The van der Waals surface area contributed by atoms with Crippen molar-refractivity contribution in [1.82, 2.24) is 16.0 Å². The molecule has 0 aromatic carbocycles. The molecule has 0 saturated heterocycles. The summed E-state index contributed by atoms with van der Waals surface area (Å²) in [5.74, 6) is 0.757. The van der Waals surface area contributed by atoms with Crippen LogP contribution in [0.5, 0.6) is 0 Å². The van der Waals surface area contributed by atoms with Gasteiger partial charge in [-0.05, 0) is 20.3 Å². The topological polar surface area (TPSA) is 99.7 Å². The van der Waals surface area contributed by atoms with E-state index < -0.39 is 15.3 Å². The lowest BCUT2D eigenvalue weighted by atomic mass is 9.96. The Morgan fingerprint density at radius 3 is 2.30 bits per heavy atom. The normalized spacial score (nSPS) is 14.3. The van der Waals surface area contributed by atoms with Crippen molar-refractivity contribution in [1.29, 1.82) is 0 Å². The van der Waals surface area contributed by atoms with Gasteiger partial charge in [0.2, 0.25) is 5.91 Å². The van der Waals surface area contributed by atoms with Crippen molar-refractivity contribution in [3.05, 3.63) is 0 Å². The summed E-state index contributed by atoms with van der Waals surface area (Å²) in [5, 5.41) is 9.11. The molecule has 0 aliphatic carbocycles. The van der Waals surface area contributed by atoms with Crippen LogP contribution >= 0.6 is 0 Å². The van der Waals surface area contributed by atoms with Crippen molar-refractivity contribution >= 4 is 21.7 Å². The van der Waals surface area contributed by atoms with Crippen molar-refractivity contribution in [3.63, 3.8) is 0 Å². The van der Waals surface area contributed by atoms with E-state index in [0.29, 0.717) is 32.0 Å². The predicted molar refractivity (Wildman–Crippen MR) is 95.4 cm³/mol. The fourth-order valence-electron chi connectivity index (χ4n) is 1.62. The average Bonchev–Trinajstić information content (AvgIpc) is 2.39. The minimum absolute atomic E-state index is 0.00724. The highest BCUT2D eigenvalue weighted by molar-refractivity contribution is 7.90. The fourth-order valence-corrected chi connectivity index (χ4v) is 2.40. The summed E-state index contributed by atoms with van der Waals surface area (Å²) in [6.45, 7) is 11.1. The van der Waals surface area contributed by atoms with Crippen LogP contribution in [0.2, 0.25) is 0 Å². The first-order chi connectivity index (χ1) is 10.5. The van der Waals surface area contributed by atoms with E-state index in [9.17, 15) is 13.2 Å². The zero-order chi connectivity index (χ0) is 18.1. The van der Waals surface area contributed by atoms with E-state index in [1.165, 1.54) is 6.26 Å². The minimum atomic E-state index is -2.96. The molecule has 1 unspecified atom stereocenters. The largest absolute Gasteiger partial charge is 0.357 e. The summed E-state index contributed by atoms with van der Waals surface area (Å²) in [6.07, 6.45) is 1.75. The molecule has 136 valence electrons. The van der Waals surface area contributed by atoms with Gasteiger partial charge in [-0.1, -0.05) is 20.8 Å². The Hall–Kier alpha value is -1.31. The molecular weight excluding hydrogens is 316 g/mol. The standard InChI is InChI=1S/C15H32N4O3S/c1-7-16-14(19-12(2)8-11-23(6,21)22)18-10-9-17-13(20)15(3,4)5/h12H,7-11H2,1-6H3,(H,17,20)(H2,16,18,19). The van der Waals surface area contributed by atoms with Gasteiger partial charge in [0.05, 0.1) is 12.3 Å². The van der Waals surface area contributed by atoms with Crippen molar-refractivity contribution in [3.8, 4) is 0 Å². The first-order valence-corrected chi connectivity index (χ1v) is 10.0. The Bertz CT molecular complexity index is 495.